The van der Waals surface area contributed by atoms with Gasteiger partial charge in [-0.05, 0) is 104 Å². The third-order valence-electron chi connectivity index (χ3n) is 10.2. The smallest absolute Gasteiger partial charge is 0.264 e. The SMILES string of the molecule is CO[C@H]1/C=C\C[C@H]2C[C@@H]2S(=O)(=O)NC(=O)c2ccc3c(c2)N(C[C@@H]2CC[C@H]21)C[C@@]1(CCCc2cc(Cl)ccc21)CO3. The van der Waals surface area contributed by atoms with Crippen LogP contribution in [-0.2, 0) is 26.6 Å². The first-order valence-corrected chi connectivity index (χ1v) is 16.7. The van der Waals surface area contributed by atoms with Crippen LogP contribution < -0.4 is 14.4 Å². The normalized spacial score (nSPS) is 34.5. The minimum absolute atomic E-state index is 0.00397. The molecule has 0 unspecified atom stereocenters. The van der Waals surface area contributed by atoms with Crippen LogP contribution in [0.15, 0.2) is 48.6 Å². The largest absolute Gasteiger partial charge is 0.490 e. The van der Waals surface area contributed by atoms with Crippen molar-refractivity contribution in [1.82, 2.24) is 4.72 Å². The summed E-state index contributed by atoms with van der Waals surface area (Å²) in [5, 5.41) is 0.213. The molecule has 218 valence electrons. The second kappa shape index (κ2) is 10.3. The summed E-state index contributed by atoms with van der Waals surface area (Å²) < 4.78 is 40.9. The van der Waals surface area contributed by atoms with Gasteiger partial charge in [0.1, 0.15) is 5.75 Å². The average Bonchev–Trinajstić information content (AvgIpc) is 3.74. The van der Waals surface area contributed by atoms with Gasteiger partial charge in [-0.15, -0.1) is 0 Å². The van der Waals surface area contributed by atoms with Gasteiger partial charge in [0.05, 0.1) is 23.6 Å². The summed E-state index contributed by atoms with van der Waals surface area (Å²) in [6, 6.07) is 11.6. The molecular formula is C32H37ClN2O5S. The summed E-state index contributed by atoms with van der Waals surface area (Å²) in [6.45, 7) is 2.09. The molecule has 0 aromatic heterocycles. The van der Waals surface area contributed by atoms with Gasteiger partial charge < -0.3 is 14.4 Å². The number of sulfonamides is 1. The number of nitrogens with one attached hydrogen (secondary N) is 1. The highest BCUT2D eigenvalue weighted by atomic mass is 35.5. The fourth-order valence-electron chi connectivity index (χ4n) is 7.69. The molecule has 2 aliphatic heterocycles. The van der Waals surface area contributed by atoms with Crippen LogP contribution in [-0.4, -0.2) is 52.5 Å². The number of aryl methyl sites for hydroxylation is 1. The summed E-state index contributed by atoms with van der Waals surface area (Å²) in [5.74, 6) is 0.985. The summed E-state index contributed by atoms with van der Waals surface area (Å²) >= 11 is 6.40. The lowest BCUT2D eigenvalue weighted by Gasteiger charge is -2.46. The van der Waals surface area contributed by atoms with Gasteiger partial charge in [-0.25, -0.2) is 13.1 Å². The molecule has 2 fully saturated rings. The molecule has 0 radical (unpaired) electrons. The van der Waals surface area contributed by atoms with E-state index in [2.05, 4.69) is 33.9 Å². The van der Waals surface area contributed by atoms with Gasteiger partial charge in [0.25, 0.3) is 5.91 Å². The average molecular weight is 597 g/mol. The molecule has 1 N–H and O–H groups in total. The van der Waals surface area contributed by atoms with E-state index in [-0.39, 0.29) is 17.4 Å². The quantitative estimate of drug-likeness (QED) is 0.452. The Labute approximate surface area is 247 Å². The van der Waals surface area contributed by atoms with Gasteiger partial charge in [0, 0.05) is 36.2 Å². The van der Waals surface area contributed by atoms with E-state index in [9.17, 15) is 13.2 Å². The lowest BCUT2D eigenvalue weighted by molar-refractivity contribution is 0.0131. The van der Waals surface area contributed by atoms with Crippen molar-refractivity contribution in [3.05, 3.63) is 70.3 Å². The van der Waals surface area contributed by atoms with E-state index in [0.717, 1.165) is 61.7 Å². The predicted octanol–water partition coefficient (Wildman–Crippen LogP) is 5.26. The Kier molecular flexibility index (Phi) is 6.87. The standard InChI is InChI=1S/C32H37ClN2O5S/c1-39-28-6-2-4-21-16-30(21)41(37,38)34-31(36)22-8-12-29-27(15-22)35(17-23-7-10-25(23)28)18-32(19-40-29)13-3-5-20-14-24(33)9-11-26(20)32/h2,6,8-9,11-12,14-15,21,23,25,28,30H,3-5,7,10,13,16-19H2,1H3,(H,34,36)/b6-2-/t21-,23-,25+,28-,30-,32-/m0/s1. The van der Waals surface area contributed by atoms with Crippen molar-refractivity contribution >= 4 is 33.2 Å². The molecule has 7 nitrogen and oxygen atoms in total. The van der Waals surface area contributed by atoms with Gasteiger partial charge in [-0.2, -0.15) is 0 Å². The molecule has 3 aliphatic carbocycles. The summed E-state index contributed by atoms with van der Waals surface area (Å²) in [5.41, 5.74) is 3.53. The van der Waals surface area contributed by atoms with Crippen molar-refractivity contribution in [3.63, 3.8) is 0 Å². The Balaban J connectivity index is 1.30. The summed E-state index contributed by atoms with van der Waals surface area (Å²) in [7, 11) is -1.99. The van der Waals surface area contributed by atoms with E-state index in [0.29, 0.717) is 36.8 Å². The number of carbonyl (C=O) groups excluding carboxylic acids is 1. The Hall–Kier alpha value is -2.55. The molecule has 2 heterocycles. The lowest BCUT2D eigenvalue weighted by Crippen LogP contribution is -2.49. The number of rotatable bonds is 1. The number of anilines is 1. The van der Waals surface area contributed by atoms with Crippen molar-refractivity contribution in [2.45, 2.75) is 61.7 Å². The number of methoxy groups -OCH3 is 1. The molecule has 5 aliphatic rings. The van der Waals surface area contributed by atoms with Crippen LogP contribution in [0.5, 0.6) is 5.75 Å². The molecule has 2 aromatic carbocycles. The van der Waals surface area contributed by atoms with Crippen molar-refractivity contribution in [2.24, 2.45) is 17.8 Å². The van der Waals surface area contributed by atoms with Crippen LogP contribution in [0, 0.1) is 17.8 Å². The van der Waals surface area contributed by atoms with E-state index in [4.69, 9.17) is 21.1 Å². The number of nitrogens with zero attached hydrogens (tertiary/aromatic N) is 1. The van der Waals surface area contributed by atoms with Crippen molar-refractivity contribution in [3.8, 4) is 5.75 Å². The van der Waals surface area contributed by atoms with Crippen LogP contribution in [0.1, 0.15) is 60.0 Å². The number of halogens is 1. The first-order valence-electron chi connectivity index (χ1n) is 14.8. The van der Waals surface area contributed by atoms with E-state index in [1.165, 1.54) is 11.1 Å². The maximum absolute atomic E-state index is 13.3. The number of amides is 1. The Morgan fingerprint density at radius 3 is 2.83 bits per heavy atom. The maximum Gasteiger partial charge on any atom is 0.264 e. The first-order chi connectivity index (χ1) is 19.8. The van der Waals surface area contributed by atoms with Crippen LogP contribution in [0.4, 0.5) is 5.69 Å². The fraction of sp³-hybridized carbons (Fsp3) is 0.531. The monoisotopic (exact) mass is 596 g/mol. The molecule has 1 spiro atoms. The number of benzene rings is 2. The number of hydrogen-bond donors (Lipinski definition) is 1. The highest BCUT2D eigenvalue weighted by Gasteiger charge is 2.48. The van der Waals surface area contributed by atoms with Crippen molar-refractivity contribution < 1.29 is 22.7 Å². The number of fused-ring (bicyclic) bond motifs is 5. The van der Waals surface area contributed by atoms with Gasteiger partial charge in [-0.1, -0.05) is 29.8 Å². The molecule has 2 aromatic rings. The third-order valence-corrected chi connectivity index (χ3v) is 12.3. The van der Waals surface area contributed by atoms with Crippen LogP contribution in [0.3, 0.4) is 0 Å². The number of hydrogen-bond acceptors (Lipinski definition) is 6. The zero-order valence-corrected chi connectivity index (χ0v) is 24.9. The van der Waals surface area contributed by atoms with Gasteiger partial charge in [0.15, 0.2) is 0 Å². The molecule has 1 amide bonds. The lowest BCUT2D eigenvalue weighted by atomic mass is 9.68. The molecule has 2 bridgehead atoms. The van der Waals surface area contributed by atoms with Crippen molar-refractivity contribution in [1.29, 1.82) is 0 Å². The highest BCUT2D eigenvalue weighted by Crippen LogP contribution is 2.47. The molecule has 7 rings (SSSR count). The molecule has 6 atom stereocenters. The molecular weight excluding hydrogens is 560 g/mol. The van der Waals surface area contributed by atoms with Crippen molar-refractivity contribution in [2.75, 3.05) is 31.7 Å². The predicted molar refractivity (Wildman–Crippen MR) is 159 cm³/mol. The second-order valence-electron chi connectivity index (χ2n) is 12.7. The van der Waals surface area contributed by atoms with Crippen LogP contribution in [0.25, 0.3) is 0 Å². The van der Waals surface area contributed by atoms with Crippen LogP contribution >= 0.6 is 11.6 Å². The molecule has 0 saturated heterocycles. The number of allylic oxidation sites excluding steroid dienone is 1. The molecule has 2 saturated carbocycles. The Morgan fingerprint density at radius 2 is 2.02 bits per heavy atom. The van der Waals surface area contributed by atoms with Gasteiger partial charge >= 0.3 is 0 Å². The topological polar surface area (TPSA) is 84.9 Å². The number of ether oxygens (including phenoxy) is 2. The van der Waals surface area contributed by atoms with E-state index in [1.807, 2.05) is 18.2 Å². The Bertz CT molecular complexity index is 1510. The minimum atomic E-state index is -3.76. The maximum atomic E-state index is 13.3. The van der Waals surface area contributed by atoms with Crippen LogP contribution in [0.2, 0.25) is 5.02 Å². The fourth-order valence-corrected chi connectivity index (χ4v) is 9.53. The molecule has 41 heavy (non-hydrogen) atoms. The zero-order valence-electron chi connectivity index (χ0n) is 23.4. The van der Waals surface area contributed by atoms with Gasteiger partial charge in [-0.3, -0.25) is 4.79 Å². The van der Waals surface area contributed by atoms with Gasteiger partial charge in [0.2, 0.25) is 10.0 Å². The van der Waals surface area contributed by atoms with E-state index < -0.39 is 21.2 Å². The summed E-state index contributed by atoms with van der Waals surface area (Å²) in [6.07, 6.45) is 10.7. The summed E-state index contributed by atoms with van der Waals surface area (Å²) in [4.78, 5) is 15.7. The van der Waals surface area contributed by atoms with E-state index in [1.54, 1.807) is 13.2 Å². The Morgan fingerprint density at radius 1 is 1.15 bits per heavy atom. The second-order valence-corrected chi connectivity index (χ2v) is 15.0. The van der Waals surface area contributed by atoms with E-state index >= 15 is 0 Å². The minimum Gasteiger partial charge on any atom is -0.490 e. The third kappa shape index (κ3) is 4.96. The first kappa shape index (κ1) is 27.3. The zero-order chi connectivity index (χ0) is 28.4. The molecule has 9 heteroatoms. The number of carbonyl (C=O) groups is 1. The highest BCUT2D eigenvalue weighted by molar-refractivity contribution is 7.91.